The molecule has 1 aliphatic heterocycles. The Labute approximate surface area is 148 Å². The number of nitrogens with two attached hydrogens (primary N) is 1. The Kier molecular flexibility index (Phi) is 5.01. The van der Waals surface area contributed by atoms with Crippen molar-refractivity contribution in [3.8, 4) is 11.5 Å². The predicted octanol–water partition coefficient (Wildman–Crippen LogP) is 2.21. The van der Waals surface area contributed by atoms with E-state index in [2.05, 4.69) is 31.9 Å². The molecule has 1 fully saturated rings. The van der Waals surface area contributed by atoms with Crippen molar-refractivity contribution in [1.82, 2.24) is 9.88 Å². The highest BCUT2D eigenvalue weighted by Crippen LogP contribution is 2.27. The average Bonchev–Trinajstić information content (AvgIpc) is 2.53. The van der Waals surface area contributed by atoms with Crippen LogP contribution in [-0.2, 0) is 6.54 Å². The second kappa shape index (κ2) is 7.19. The van der Waals surface area contributed by atoms with Crippen molar-refractivity contribution in [3.05, 3.63) is 52.3 Å². The number of halogens is 1. The maximum atomic E-state index is 11.1. The summed E-state index contributed by atoms with van der Waals surface area (Å²) < 4.78 is 12.3. The van der Waals surface area contributed by atoms with Crippen LogP contribution in [0.4, 0.5) is 0 Å². The van der Waals surface area contributed by atoms with Crippen LogP contribution in [0.3, 0.4) is 0 Å². The topological polar surface area (TPSA) is 77.7 Å². The first-order valence-corrected chi connectivity index (χ1v) is 8.31. The number of ether oxygens (including phenoxy) is 2. The Morgan fingerprint density at radius 3 is 2.88 bits per heavy atom. The second-order valence-electron chi connectivity index (χ2n) is 5.63. The molecule has 1 amide bonds. The van der Waals surface area contributed by atoms with Gasteiger partial charge in [0.05, 0.1) is 7.11 Å². The summed E-state index contributed by atoms with van der Waals surface area (Å²) in [6.45, 7) is 2.42. The fourth-order valence-electron chi connectivity index (χ4n) is 2.65. The molecule has 0 aliphatic carbocycles. The zero-order chi connectivity index (χ0) is 17.1. The minimum atomic E-state index is -0.558. The molecule has 7 heteroatoms. The van der Waals surface area contributed by atoms with E-state index in [0.29, 0.717) is 5.75 Å². The number of nitrogens with zero attached hydrogens (tertiary/aromatic N) is 2. The third-order valence-corrected chi connectivity index (χ3v) is 4.34. The van der Waals surface area contributed by atoms with Crippen LogP contribution >= 0.6 is 15.9 Å². The van der Waals surface area contributed by atoms with Gasteiger partial charge in [-0.2, -0.15) is 0 Å². The summed E-state index contributed by atoms with van der Waals surface area (Å²) in [6, 6.07) is 9.28. The largest absolute Gasteiger partial charge is 0.496 e. The van der Waals surface area contributed by atoms with Crippen LogP contribution in [0, 0.1) is 0 Å². The number of aromatic nitrogens is 1. The van der Waals surface area contributed by atoms with Crippen LogP contribution in [0.25, 0.3) is 0 Å². The van der Waals surface area contributed by atoms with Crippen molar-refractivity contribution in [2.75, 3.05) is 20.2 Å². The molecular formula is C17H18BrN3O3. The molecule has 0 radical (unpaired) electrons. The predicted molar refractivity (Wildman–Crippen MR) is 93.1 cm³/mol. The molecule has 0 atom stereocenters. The van der Waals surface area contributed by atoms with Gasteiger partial charge in [0.1, 0.15) is 23.3 Å². The molecule has 24 heavy (non-hydrogen) atoms. The van der Waals surface area contributed by atoms with Gasteiger partial charge in [-0.25, -0.2) is 0 Å². The van der Waals surface area contributed by atoms with Gasteiger partial charge in [0.25, 0.3) is 5.91 Å². The number of rotatable bonds is 6. The average molecular weight is 392 g/mol. The zero-order valence-electron chi connectivity index (χ0n) is 13.2. The number of methoxy groups -OCH3 is 1. The minimum absolute atomic E-state index is 0.0891. The standard InChI is InChI=1S/C17H18BrN3O3/c1-23-16-3-2-12(18)6-11(16)8-21-9-14(10-21)24-13-4-5-20-15(7-13)17(19)22/h2-7,14H,8-10H2,1H3,(H2,19,22). The molecule has 1 aromatic heterocycles. The van der Waals surface area contributed by atoms with E-state index in [1.807, 2.05) is 12.1 Å². The molecular weight excluding hydrogens is 374 g/mol. The van der Waals surface area contributed by atoms with Crippen LogP contribution in [0.5, 0.6) is 11.5 Å². The maximum absolute atomic E-state index is 11.1. The summed E-state index contributed by atoms with van der Waals surface area (Å²) in [5.74, 6) is 0.934. The number of carbonyl (C=O) groups excluding carboxylic acids is 1. The molecule has 2 aromatic rings. The number of primary amides is 1. The Balaban J connectivity index is 1.55. The van der Waals surface area contributed by atoms with E-state index in [1.54, 1.807) is 19.2 Å². The Bertz CT molecular complexity index is 748. The molecule has 2 heterocycles. The highest BCUT2D eigenvalue weighted by atomic mass is 79.9. The summed E-state index contributed by atoms with van der Waals surface area (Å²) >= 11 is 3.49. The van der Waals surface area contributed by atoms with Crippen molar-refractivity contribution < 1.29 is 14.3 Å². The second-order valence-corrected chi connectivity index (χ2v) is 6.55. The molecule has 6 nitrogen and oxygen atoms in total. The molecule has 126 valence electrons. The van der Waals surface area contributed by atoms with Crippen molar-refractivity contribution in [1.29, 1.82) is 0 Å². The molecule has 2 N–H and O–H groups in total. The fourth-order valence-corrected chi connectivity index (χ4v) is 3.06. The Morgan fingerprint density at radius 1 is 1.38 bits per heavy atom. The van der Waals surface area contributed by atoms with Gasteiger partial charge in [-0.15, -0.1) is 0 Å². The normalized spacial score (nSPS) is 14.9. The highest BCUT2D eigenvalue weighted by molar-refractivity contribution is 9.10. The third kappa shape index (κ3) is 3.85. The van der Waals surface area contributed by atoms with Gasteiger partial charge in [-0.05, 0) is 24.3 Å². The molecule has 0 bridgehead atoms. The van der Waals surface area contributed by atoms with Crippen molar-refractivity contribution >= 4 is 21.8 Å². The van der Waals surface area contributed by atoms with E-state index in [1.165, 1.54) is 6.20 Å². The number of pyridine rings is 1. The van der Waals surface area contributed by atoms with Gasteiger partial charge >= 0.3 is 0 Å². The lowest BCUT2D eigenvalue weighted by Gasteiger charge is -2.39. The molecule has 1 aliphatic rings. The van der Waals surface area contributed by atoms with Crippen molar-refractivity contribution in [3.63, 3.8) is 0 Å². The highest BCUT2D eigenvalue weighted by Gasteiger charge is 2.29. The van der Waals surface area contributed by atoms with E-state index < -0.39 is 5.91 Å². The smallest absolute Gasteiger partial charge is 0.267 e. The SMILES string of the molecule is COc1ccc(Br)cc1CN1CC(Oc2ccnc(C(N)=O)c2)C1. The van der Waals surface area contributed by atoms with E-state index >= 15 is 0 Å². The lowest BCUT2D eigenvalue weighted by molar-refractivity contribution is 0.0140. The van der Waals surface area contributed by atoms with E-state index in [-0.39, 0.29) is 11.8 Å². The summed E-state index contributed by atoms with van der Waals surface area (Å²) in [4.78, 5) is 17.3. The molecule has 1 aromatic carbocycles. The minimum Gasteiger partial charge on any atom is -0.496 e. The number of hydrogen-bond acceptors (Lipinski definition) is 5. The number of likely N-dealkylation sites (tertiary alicyclic amines) is 1. The molecule has 0 unspecified atom stereocenters. The first-order valence-electron chi connectivity index (χ1n) is 7.52. The molecule has 1 saturated heterocycles. The van der Waals surface area contributed by atoms with E-state index in [9.17, 15) is 4.79 Å². The van der Waals surface area contributed by atoms with Gasteiger partial charge < -0.3 is 15.2 Å². The van der Waals surface area contributed by atoms with Gasteiger partial charge in [0, 0.05) is 41.9 Å². The van der Waals surface area contributed by atoms with Crippen LogP contribution in [0.15, 0.2) is 41.0 Å². The number of amides is 1. The van der Waals surface area contributed by atoms with Crippen LogP contribution in [0.2, 0.25) is 0 Å². The fraction of sp³-hybridized carbons (Fsp3) is 0.294. The van der Waals surface area contributed by atoms with Crippen LogP contribution in [-0.4, -0.2) is 42.1 Å². The molecule has 3 rings (SSSR count). The van der Waals surface area contributed by atoms with Crippen LogP contribution in [0.1, 0.15) is 16.1 Å². The third-order valence-electron chi connectivity index (χ3n) is 3.85. The van der Waals surface area contributed by atoms with Crippen molar-refractivity contribution in [2.45, 2.75) is 12.6 Å². The van der Waals surface area contributed by atoms with Crippen molar-refractivity contribution in [2.24, 2.45) is 5.73 Å². The number of carbonyl (C=O) groups is 1. The van der Waals surface area contributed by atoms with Crippen LogP contribution < -0.4 is 15.2 Å². The summed E-state index contributed by atoms with van der Waals surface area (Å²) in [7, 11) is 1.68. The Morgan fingerprint density at radius 2 is 2.17 bits per heavy atom. The van der Waals surface area contributed by atoms with E-state index in [0.717, 1.165) is 35.4 Å². The quantitative estimate of drug-likeness (QED) is 0.816. The van der Waals surface area contributed by atoms with Gasteiger partial charge in [-0.1, -0.05) is 15.9 Å². The first-order chi connectivity index (χ1) is 11.5. The zero-order valence-corrected chi connectivity index (χ0v) is 14.8. The lowest BCUT2D eigenvalue weighted by Crippen LogP contribution is -2.53. The summed E-state index contributed by atoms with van der Waals surface area (Å²) in [6.07, 6.45) is 1.62. The van der Waals surface area contributed by atoms with Gasteiger partial charge in [-0.3, -0.25) is 14.7 Å². The van der Waals surface area contributed by atoms with Gasteiger partial charge in [0.2, 0.25) is 0 Å². The Hall–Kier alpha value is -2.12. The first kappa shape index (κ1) is 16.7. The van der Waals surface area contributed by atoms with Gasteiger partial charge in [0.15, 0.2) is 0 Å². The molecule has 0 saturated carbocycles. The number of benzene rings is 1. The molecule has 0 spiro atoms. The lowest BCUT2D eigenvalue weighted by atomic mass is 10.1. The summed E-state index contributed by atoms with van der Waals surface area (Å²) in [5, 5.41) is 0. The number of hydrogen-bond donors (Lipinski definition) is 1. The monoisotopic (exact) mass is 391 g/mol. The summed E-state index contributed by atoms with van der Waals surface area (Å²) in [5.41, 5.74) is 6.57. The van der Waals surface area contributed by atoms with E-state index in [4.69, 9.17) is 15.2 Å². The maximum Gasteiger partial charge on any atom is 0.267 e.